The van der Waals surface area contributed by atoms with E-state index in [2.05, 4.69) is 23.6 Å². The van der Waals surface area contributed by atoms with Gasteiger partial charge in [0.2, 0.25) is 10.0 Å². The molecule has 0 spiro atoms. The Kier molecular flexibility index (Phi) is 4.40. The lowest BCUT2D eigenvalue weighted by molar-refractivity contribution is -0.110. The molecule has 3 fully saturated rings. The monoisotopic (exact) mass is 365 g/mol. The zero-order chi connectivity index (χ0) is 17.7. The van der Waals surface area contributed by atoms with Crippen molar-refractivity contribution in [3.63, 3.8) is 0 Å². The largest absolute Gasteiger partial charge is 0.378 e. The number of benzene rings is 1. The van der Waals surface area contributed by atoms with Crippen molar-refractivity contribution >= 4 is 10.0 Å². The molecule has 6 nitrogen and oxygen atoms in total. The van der Waals surface area contributed by atoms with E-state index in [4.69, 9.17) is 4.74 Å². The van der Waals surface area contributed by atoms with Crippen LogP contribution in [0.5, 0.6) is 0 Å². The molecule has 4 rings (SSSR count). The van der Waals surface area contributed by atoms with Crippen LogP contribution in [0.25, 0.3) is 0 Å². The van der Waals surface area contributed by atoms with Gasteiger partial charge in [0.25, 0.3) is 0 Å². The molecule has 1 atom stereocenters. The van der Waals surface area contributed by atoms with Gasteiger partial charge in [-0.2, -0.15) is 4.31 Å². The third-order valence-corrected chi connectivity index (χ3v) is 7.61. The van der Waals surface area contributed by atoms with Gasteiger partial charge >= 0.3 is 0 Å². The molecule has 25 heavy (non-hydrogen) atoms. The average molecular weight is 365 g/mol. The number of piperazine rings is 2. The zero-order valence-electron chi connectivity index (χ0n) is 15.0. The fourth-order valence-corrected chi connectivity index (χ4v) is 6.00. The minimum atomic E-state index is -3.45. The summed E-state index contributed by atoms with van der Waals surface area (Å²) in [7, 11) is -3.45. The number of nitrogens with zero attached hydrogens (tertiary/aromatic N) is 3. The van der Waals surface area contributed by atoms with Crippen LogP contribution in [0.4, 0.5) is 0 Å². The number of rotatable bonds is 3. The van der Waals surface area contributed by atoms with Gasteiger partial charge in [-0.1, -0.05) is 18.2 Å². The summed E-state index contributed by atoms with van der Waals surface area (Å²) in [6, 6.07) is 9.53. The van der Waals surface area contributed by atoms with E-state index in [0.29, 0.717) is 24.0 Å². The molecule has 3 aliphatic rings. The fourth-order valence-electron chi connectivity index (χ4n) is 4.34. The number of ether oxygens (including phenoxy) is 1. The predicted molar refractivity (Wildman–Crippen MR) is 96.0 cm³/mol. The molecule has 1 unspecified atom stereocenters. The molecule has 3 heterocycles. The van der Waals surface area contributed by atoms with E-state index in [1.54, 1.807) is 28.6 Å². The lowest BCUT2D eigenvalue weighted by Gasteiger charge is -2.56. The van der Waals surface area contributed by atoms with Gasteiger partial charge in [-0.05, 0) is 26.0 Å². The second-order valence-electron chi connectivity index (χ2n) is 7.96. The fraction of sp³-hybridized carbons (Fsp3) is 0.667. The van der Waals surface area contributed by atoms with Gasteiger partial charge < -0.3 is 4.74 Å². The third-order valence-electron chi connectivity index (χ3n) is 5.79. The molecule has 7 heteroatoms. The molecule has 0 saturated carbocycles. The standard InChI is InChI=1S/C18H27N3O3S/c1-18(2)14-20(25(22,23)17-6-4-3-5-7-17)11-15-10-19(8-9-21(15)18)16-12-24-13-16/h3-7,15-16H,8-14H2,1-2H3. The highest BCUT2D eigenvalue weighted by Gasteiger charge is 2.47. The molecule has 138 valence electrons. The van der Waals surface area contributed by atoms with Crippen LogP contribution in [0.1, 0.15) is 13.8 Å². The topological polar surface area (TPSA) is 53.1 Å². The van der Waals surface area contributed by atoms with E-state index < -0.39 is 10.0 Å². The lowest BCUT2D eigenvalue weighted by Crippen LogP contribution is -2.71. The van der Waals surface area contributed by atoms with Crippen LogP contribution in [0, 0.1) is 0 Å². The first-order chi connectivity index (χ1) is 11.9. The molecule has 0 amide bonds. The van der Waals surface area contributed by atoms with Gasteiger partial charge in [-0.25, -0.2) is 8.42 Å². The smallest absolute Gasteiger partial charge is 0.243 e. The molecule has 0 aromatic heterocycles. The van der Waals surface area contributed by atoms with Crippen LogP contribution in [0.2, 0.25) is 0 Å². The Morgan fingerprint density at radius 2 is 1.76 bits per heavy atom. The van der Waals surface area contributed by atoms with Crippen LogP contribution in [-0.2, 0) is 14.8 Å². The summed E-state index contributed by atoms with van der Waals surface area (Å²) in [5.41, 5.74) is -0.160. The molecular formula is C18H27N3O3S. The van der Waals surface area contributed by atoms with Crippen molar-refractivity contribution in [1.29, 1.82) is 0 Å². The molecule has 1 aromatic carbocycles. The maximum atomic E-state index is 13.1. The molecule has 3 aliphatic heterocycles. The van der Waals surface area contributed by atoms with E-state index in [1.807, 2.05) is 6.07 Å². The van der Waals surface area contributed by atoms with Crippen molar-refractivity contribution in [2.75, 3.05) is 45.9 Å². The Hall–Kier alpha value is -0.990. The number of hydrogen-bond donors (Lipinski definition) is 0. The molecular weight excluding hydrogens is 338 g/mol. The van der Waals surface area contributed by atoms with Gasteiger partial charge in [0.05, 0.1) is 24.2 Å². The van der Waals surface area contributed by atoms with Crippen molar-refractivity contribution in [2.45, 2.75) is 36.4 Å². The number of sulfonamides is 1. The van der Waals surface area contributed by atoms with Gasteiger partial charge in [-0.15, -0.1) is 0 Å². The van der Waals surface area contributed by atoms with Crippen LogP contribution in [0.15, 0.2) is 35.2 Å². The van der Waals surface area contributed by atoms with Crippen LogP contribution in [0.3, 0.4) is 0 Å². The first kappa shape index (κ1) is 17.4. The minimum Gasteiger partial charge on any atom is -0.378 e. The van der Waals surface area contributed by atoms with Crippen molar-refractivity contribution in [3.05, 3.63) is 30.3 Å². The summed E-state index contributed by atoms with van der Waals surface area (Å²) >= 11 is 0. The SMILES string of the molecule is CC1(C)CN(S(=O)(=O)c2ccccc2)CC2CN(C3COC3)CCN21. The second-order valence-corrected chi connectivity index (χ2v) is 9.89. The highest BCUT2D eigenvalue weighted by molar-refractivity contribution is 7.89. The highest BCUT2D eigenvalue weighted by Crippen LogP contribution is 2.32. The maximum Gasteiger partial charge on any atom is 0.243 e. The molecule has 1 aromatic rings. The molecule has 3 saturated heterocycles. The highest BCUT2D eigenvalue weighted by atomic mass is 32.2. The predicted octanol–water partition coefficient (Wildman–Crippen LogP) is 0.855. The van der Waals surface area contributed by atoms with Crippen molar-refractivity contribution in [2.24, 2.45) is 0 Å². The second kappa shape index (κ2) is 6.32. The maximum absolute atomic E-state index is 13.1. The Morgan fingerprint density at radius 3 is 2.40 bits per heavy atom. The third kappa shape index (κ3) is 3.13. The Bertz CT molecular complexity index is 718. The van der Waals surface area contributed by atoms with Crippen LogP contribution in [-0.4, -0.2) is 86.1 Å². The molecule has 0 aliphatic carbocycles. The minimum absolute atomic E-state index is 0.160. The summed E-state index contributed by atoms with van der Waals surface area (Å²) in [4.78, 5) is 5.36. The van der Waals surface area contributed by atoms with Gasteiger partial charge in [-0.3, -0.25) is 9.80 Å². The summed E-state index contributed by atoms with van der Waals surface area (Å²) < 4.78 is 33.2. The Morgan fingerprint density at radius 1 is 1.04 bits per heavy atom. The summed E-state index contributed by atoms with van der Waals surface area (Å²) in [6.07, 6.45) is 0. The summed E-state index contributed by atoms with van der Waals surface area (Å²) in [6.45, 7) is 9.98. The Balaban J connectivity index is 1.57. The van der Waals surface area contributed by atoms with E-state index >= 15 is 0 Å². The normalized spacial score (nSPS) is 29.1. The van der Waals surface area contributed by atoms with E-state index in [0.717, 1.165) is 32.8 Å². The van der Waals surface area contributed by atoms with Gasteiger partial charge in [0.1, 0.15) is 0 Å². The van der Waals surface area contributed by atoms with Crippen molar-refractivity contribution < 1.29 is 13.2 Å². The average Bonchev–Trinajstić information content (AvgIpc) is 2.53. The summed E-state index contributed by atoms with van der Waals surface area (Å²) in [5.74, 6) is 0. The first-order valence-electron chi connectivity index (χ1n) is 9.02. The van der Waals surface area contributed by atoms with E-state index in [-0.39, 0.29) is 11.6 Å². The van der Waals surface area contributed by atoms with Crippen LogP contribution >= 0.6 is 0 Å². The van der Waals surface area contributed by atoms with E-state index in [1.165, 1.54) is 0 Å². The summed E-state index contributed by atoms with van der Waals surface area (Å²) in [5, 5.41) is 0. The quantitative estimate of drug-likeness (QED) is 0.795. The zero-order valence-corrected chi connectivity index (χ0v) is 15.8. The lowest BCUT2D eigenvalue weighted by atomic mass is 9.93. The number of fused-ring (bicyclic) bond motifs is 1. The van der Waals surface area contributed by atoms with Gasteiger partial charge in [0.15, 0.2) is 0 Å². The molecule has 0 N–H and O–H groups in total. The van der Waals surface area contributed by atoms with Crippen molar-refractivity contribution in [3.8, 4) is 0 Å². The number of hydrogen-bond acceptors (Lipinski definition) is 5. The van der Waals surface area contributed by atoms with Gasteiger partial charge in [0, 0.05) is 44.3 Å². The molecule has 0 radical (unpaired) electrons. The van der Waals surface area contributed by atoms with Crippen LogP contribution < -0.4 is 0 Å². The van der Waals surface area contributed by atoms with Crippen molar-refractivity contribution in [1.82, 2.24) is 14.1 Å². The molecule has 0 bridgehead atoms. The first-order valence-corrected chi connectivity index (χ1v) is 10.5. The Labute approximate surface area is 150 Å². The van der Waals surface area contributed by atoms with E-state index in [9.17, 15) is 8.42 Å².